The van der Waals surface area contributed by atoms with Crippen LogP contribution in [0.3, 0.4) is 0 Å². The number of rotatable bonds is 6. The minimum Gasteiger partial charge on any atom is -0.497 e. The predicted molar refractivity (Wildman–Crippen MR) is 95.5 cm³/mol. The maximum Gasteiger partial charge on any atom is 0.214 e. The zero-order chi connectivity index (χ0) is 16.9. The molecule has 3 aromatic rings. The van der Waals surface area contributed by atoms with Crippen molar-refractivity contribution in [1.29, 1.82) is 0 Å². The van der Waals surface area contributed by atoms with E-state index in [9.17, 15) is 0 Å². The van der Waals surface area contributed by atoms with E-state index >= 15 is 0 Å². The standard InChI is InChI=1S/C17H18N4O2S/c1-22-13-9-7-12(8-10-13)11-18-21-16(19-20-17(21)24)14-5-3-4-6-15(14)23-2/h3-10,18H,11H2,1-2H3,(H,20,24). The lowest BCUT2D eigenvalue weighted by Crippen LogP contribution is -2.16. The van der Waals surface area contributed by atoms with E-state index < -0.39 is 0 Å². The van der Waals surface area contributed by atoms with Crippen LogP contribution in [0.2, 0.25) is 0 Å². The molecule has 0 unspecified atom stereocenters. The summed E-state index contributed by atoms with van der Waals surface area (Å²) in [5.74, 6) is 2.23. The highest BCUT2D eigenvalue weighted by molar-refractivity contribution is 7.71. The van der Waals surface area contributed by atoms with E-state index in [1.165, 1.54) is 0 Å². The van der Waals surface area contributed by atoms with Crippen molar-refractivity contribution in [3.63, 3.8) is 0 Å². The number of hydrogen-bond donors (Lipinski definition) is 2. The summed E-state index contributed by atoms with van der Waals surface area (Å²) in [6.07, 6.45) is 0. The Balaban J connectivity index is 1.86. The van der Waals surface area contributed by atoms with Crippen molar-refractivity contribution in [2.75, 3.05) is 19.6 Å². The van der Waals surface area contributed by atoms with Gasteiger partial charge in [0, 0.05) is 0 Å². The van der Waals surface area contributed by atoms with E-state index in [0.717, 1.165) is 22.6 Å². The number of nitrogens with one attached hydrogen (secondary N) is 2. The van der Waals surface area contributed by atoms with Gasteiger partial charge in [-0.15, -0.1) is 0 Å². The van der Waals surface area contributed by atoms with Crippen molar-refractivity contribution in [3.05, 3.63) is 58.9 Å². The van der Waals surface area contributed by atoms with Crippen LogP contribution >= 0.6 is 12.2 Å². The summed E-state index contributed by atoms with van der Waals surface area (Å²) in [6.45, 7) is 0.597. The van der Waals surface area contributed by atoms with Crippen molar-refractivity contribution in [2.45, 2.75) is 6.54 Å². The second kappa shape index (κ2) is 7.18. The zero-order valence-electron chi connectivity index (χ0n) is 13.4. The monoisotopic (exact) mass is 342 g/mol. The van der Waals surface area contributed by atoms with Crippen molar-refractivity contribution in [3.8, 4) is 22.9 Å². The number of ether oxygens (including phenoxy) is 2. The molecule has 2 aromatic carbocycles. The van der Waals surface area contributed by atoms with Gasteiger partial charge in [-0.2, -0.15) is 5.10 Å². The average molecular weight is 342 g/mol. The molecule has 0 fully saturated rings. The summed E-state index contributed by atoms with van der Waals surface area (Å²) in [4.78, 5) is 0. The highest BCUT2D eigenvalue weighted by Gasteiger charge is 2.13. The molecule has 0 saturated heterocycles. The second-order valence-electron chi connectivity index (χ2n) is 5.07. The van der Waals surface area contributed by atoms with Crippen LogP contribution < -0.4 is 14.9 Å². The number of aromatic nitrogens is 3. The highest BCUT2D eigenvalue weighted by atomic mass is 32.1. The average Bonchev–Trinajstić information content (AvgIpc) is 3.00. The highest BCUT2D eigenvalue weighted by Crippen LogP contribution is 2.27. The topological polar surface area (TPSA) is 64.1 Å². The fraction of sp³-hybridized carbons (Fsp3) is 0.176. The molecule has 0 aliphatic heterocycles. The normalized spacial score (nSPS) is 10.4. The zero-order valence-corrected chi connectivity index (χ0v) is 14.3. The summed E-state index contributed by atoms with van der Waals surface area (Å²) >= 11 is 5.33. The second-order valence-corrected chi connectivity index (χ2v) is 5.46. The number of nitrogens with zero attached hydrogens (tertiary/aromatic N) is 2. The van der Waals surface area contributed by atoms with Gasteiger partial charge < -0.3 is 14.9 Å². The molecule has 0 atom stereocenters. The van der Waals surface area contributed by atoms with Crippen LogP contribution in [0.25, 0.3) is 11.4 Å². The molecule has 7 heteroatoms. The molecule has 24 heavy (non-hydrogen) atoms. The number of benzene rings is 2. The van der Waals surface area contributed by atoms with Gasteiger partial charge in [0.05, 0.1) is 26.3 Å². The third kappa shape index (κ3) is 3.26. The Labute approximate surface area is 145 Å². The van der Waals surface area contributed by atoms with Crippen molar-refractivity contribution in [1.82, 2.24) is 14.9 Å². The lowest BCUT2D eigenvalue weighted by molar-refractivity contribution is 0.414. The first-order valence-electron chi connectivity index (χ1n) is 7.40. The Bertz CT molecular complexity index is 871. The molecule has 1 aromatic heterocycles. The van der Waals surface area contributed by atoms with Crippen LogP contribution in [-0.2, 0) is 6.54 Å². The smallest absolute Gasteiger partial charge is 0.214 e. The van der Waals surface area contributed by atoms with Gasteiger partial charge in [0.2, 0.25) is 4.77 Å². The Morgan fingerprint density at radius 2 is 1.83 bits per heavy atom. The minimum atomic E-state index is 0.490. The van der Waals surface area contributed by atoms with Crippen LogP contribution in [0.1, 0.15) is 5.56 Å². The SMILES string of the molecule is COc1ccc(CNn2c(-c3ccccc3OC)n[nH]c2=S)cc1. The fourth-order valence-corrected chi connectivity index (χ4v) is 2.56. The third-order valence-electron chi connectivity index (χ3n) is 3.62. The van der Waals surface area contributed by atoms with E-state index in [1.807, 2.05) is 48.5 Å². The van der Waals surface area contributed by atoms with Crippen LogP contribution in [-0.4, -0.2) is 29.1 Å². The van der Waals surface area contributed by atoms with Gasteiger partial charge >= 0.3 is 0 Å². The van der Waals surface area contributed by atoms with Gasteiger partial charge in [-0.1, -0.05) is 24.3 Å². The molecule has 0 radical (unpaired) electrons. The van der Waals surface area contributed by atoms with Crippen LogP contribution in [0.15, 0.2) is 48.5 Å². The molecule has 1 heterocycles. The van der Waals surface area contributed by atoms with E-state index in [-0.39, 0.29) is 0 Å². The molecule has 0 aliphatic rings. The lowest BCUT2D eigenvalue weighted by atomic mass is 10.2. The Hall–Kier alpha value is -2.80. The molecule has 6 nitrogen and oxygen atoms in total. The predicted octanol–water partition coefficient (Wildman–Crippen LogP) is 3.37. The van der Waals surface area contributed by atoms with Crippen molar-refractivity contribution in [2.24, 2.45) is 0 Å². The molecule has 0 saturated carbocycles. The Kier molecular flexibility index (Phi) is 4.81. The molecular weight excluding hydrogens is 324 g/mol. The van der Waals surface area contributed by atoms with Gasteiger partial charge in [0.25, 0.3) is 0 Å². The summed E-state index contributed by atoms with van der Waals surface area (Å²) in [5, 5.41) is 7.14. The van der Waals surface area contributed by atoms with Gasteiger partial charge in [-0.3, -0.25) is 0 Å². The number of aromatic amines is 1. The minimum absolute atomic E-state index is 0.490. The summed E-state index contributed by atoms with van der Waals surface area (Å²) < 4.78 is 12.8. The van der Waals surface area contributed by atoms with E-state index in [0.29, 0.717) is 17.1 Å². The van der Waals surface area contributed by atoms with Gasteiger partial charge in [-0.25, -0.2) is 9.77 Å². The molecule has 0 bridgehead atoms. The van der Waals surface area contributed by atoms with E-state index in [2.05, 4.69) is 15.6 Å². The van der Waals surface area contributed by atoms with Crippen molar-refractivity contribution >= 4 is 12.2 Å². The molecule has 0 amide bonds. The van der Waals surface area contributed by atoms with E-state index in [4.69, 9.17) is 21.7 Å². The first-order chi connectivity index (χ1) is 11.7. The van der Waals surface area contributed by atoms with Crippen molar-refractivity contribution < 1.29 is 9.47 Å². The summed E-state index contributed by atoms with van der Waals surface area (Å²) in [6, 6.07) is 15.5. The third-order valence-corrected chi connectivity index (χ3v) is 3.89. The fourth-order valence-electron chi connectivity index (χ4n) is 2.37. The van der Waals surface area contributed by atoms with Crippen LogP contribution in [0, 0.1) is 4.77 Å². The summed E-state index contributed by atoms with van der Waals surface area (Å²) in [7, 11) is 3.28. The molecule has 2 N–H and O–H groups in total. The molecule has 0 spiro atoms. The number of hydrogen-bond acceptors (Lipinski definition) is 5. The molecule has 124 valence electrons. The molecular formula is C17H18N4O2S. The lowest BCUT2D eigenvalue weighted by Gasteiger charge is -2.12. The van der Waals surface area contributed by atoms with E-state index in [1.54, 1.807) is 18.9 Å². The molecule has 0 aliphatic carbocycles. The Morgan fingerprint density at radius 1 is 1.08 bits per heavy atom. The first kappa shape index (κ1) is 16.1. The number of methoxy groups -OCH3 is 2. The van der Waals surface area contributed by atoms with Crippen LogP contribution in [0.4, 0.5) is 0 Å². The quantitative estimate of drug-likeness (QED) is 0.673. The van der Waals surface area contributed by atoms with Crippen LogP contribution in [0.5, 0.6) is 11.5 Å². The maximum absolute atomic E-state index is 5.41. The number of para-hydroxylation sites is 1. The summed E-state index contributed by atoms with van der Waals surface area (Å²) in [5.41, 5.74) is 5.25. The maximum atomic E-state index is 5.41. The Morgan fingerprint density at radius 3 is 2.54 bits per heavy atom. The first-order valence-corrected chi connectivity index (χ1v) is 7.81. The number of H-pyrrole nitrogens is 1. The molecule has 3 rings (SSSR count). The largest absolute Gasteiger partial charge is 0.497 e. The van der Waals surface area contributed by atoms with Gasteiger partial charge in [-0.05, 0) is 42.0 Å². The van der Waals surface area contributed by atoms with Gasteiger partial charge in [0.15, 0.2) is 5.82 Å². The van der Waals surface area contributed by atoms with Gasteiger partial charge in [0.1, 0.15) is 11.5 Å².